The van der Waals surface area contributed by atoms with Crippen LogP contribution in [0.2, 0.25) is 0 Å². The van der Waals surface area contributed by atoms with Gasteiger partial charge in [0.1, 0.15) is 5.82 Å². The van der Waals surface area contributed by atoms with Crippen molar-refractivity contribution in [3.63, 3.8) is 0 Å². The molecule has 0 aliphatic carbocycles. The molecule has 146 valence electrons. The maximum absolute atomic E-state index is 13.7. The number of hydrogen-bond donors (Lipinski definition) is 1. The summed E-state index contributed by atoms with van der Waals surface area (Å²) in [5, 5.41) is 8.99. The maximum Gasteiger partial charge on any atom is 0.410 e. The summed E-state index contributed by atoms with van der Waals surface area (Å²) in [4.78, 5) is 15.1. The number of morpholine rings is 1. The third kappa shape index (κ3) is 3.47. The topological polar surface area (TPSA) is 59.4 Å². The smallest absolute Gasteiger partial charge is 0.378 e. The first-order chi connectivity index (χ1) is 12.9. The maximum atomic E-state index is 13.7. The summed E-state index contributed by atoms with van der Waals surface area (Å²) < 4.78 is 47.5. The second-order valence-electron chi connectivity index (χ2n) is 6.37. The number of carbonyl (C=O) groups is 1. The fourth-order valence-corrected chi connectivity index (χ4v) is 4.65. The van der Waals surface area contributed by atoms with Crippen molar-refractivity contribution in [2.75, 3.05) is 31.6 Å². The number of carbonyl (C=O) groups excluding carboxylic acids is 1. The highest BCUT2D eigenvalue weighted by Crippen LogP contribution is 2.47. The van der Waals surface area contributed by atoms with Gasteiger partial charge in [-0.15, -0.1) is 11.3 Å². The number of amides is 1. The largest absolute Gasteiger partial charge is 0.410 e. The van der Waals surface area contributed by atoms with Crippen molar-refractivity contribution in [1.29, 1.82) is 0 Å². The highest BCUT2D eigenvalue weighted by molar-refractivity contribution is 9.10. The quantitative estimate of drug-likeness (QED) is 0.733. The molecule has 0 spiro atoms. The SMILES string of the molecule is O=C(c1nn2c(c1Br)N[C@H](c1cccs1)C[C@@H]2C(F)(F)F)N1CCOCC1. The highest BCUT2D eigenvalue weighted by atomic mass is 79.9. The number of halogens is 4. The van der Waals surface area contributed by atoms with E-state index in [1.165, 1.54) is 11.3 Å². The van der Waals surface area contributed by atoms with Gasteiger partial charge in [0.05, 0.1) is 23.7 Å². The lowest BCUT2D eigenvalue weighted by Gasteiger charge is -2.33. The minimum atomic E-state index is -4.48. The van der Waals surface area contributed by atoms with Crippen LogP contribution in [0.15, 0.2) is 22.0 Å². The van der Waals surface area contributed by atoms with E-state index in [0.717, 1.165) is 9.56 Å². The van der Waals surface area contributed by atoms with Crippen LogP contribution >= 0.6 is 27.3 Å². The zero-order valence-electron chi connectivity index (χ0n) is 14.0. The van der Waals surface area contributed by atoms with Crippen molar-refractivity contribution >= 4 is 39.0 Å². The lowest BCUT2D eigenvalue weighted by molar-refractivity contribution is -0.173. The first-order valence-electron chi connectivity index (χ1n) is 8.38. The van der Waals surface area contributed by atoms with Crippen LogP contribution in [-0.2, 0) is 4.74 Å². The Bertz CT molecular complexity index is 834. The Balaban J connectivity index is 1.72. The first kappa shape index (κ1) is 18.8. The molecular weight excluding hydrogens is 449 g/mol. The molecule has 4 heterocycles. The first-order valence-corrected chi connectivity index (χ1v) is 10.0. The molecule has 0 unspecified atom stereocenters. The molecule has 11 heteroatoms. The number of nitrogens with zero attached hydrogens (tertiary/aromatic N) is 3. The summed E-state index contributed by atoms with van der Waals surface area (Å²) in [6, 6.07) is 1.31. The van der Waals surface area contributed by atoms with E-state index in [-0.39, 0.29) is 22.4 Å². The van der Waals surface area contributed by atoms with Gasteiger partial charge in [-0.2, -0.15) is 18.3 Å². The third-order valence-corrected chi connectivity index (χ3v) is 6.42. The zero-order valence-corrected chi connectivity index (χ0v) is 16.4. The van der Waals surface area contributed by atoms with E-state index in [4.69, 9.17) is 4.74 Å². The molecule has 2 aliphatic rings. The van der Waals surface area contributed by atoms with E-state index >= 15 is 0 Å². The highest BCUT2D eigenvalue weighted by Gasteiger charge is 2.48. The van der Waals surface area contributed by atoms with Crippen LogP contribution in [0.3, 0.4) is 0 Å². The van der Waals surface area contributed by atoms with Crippen LogP contribution < -0.4 is 5.32 Å². The van der Waals surface area contributed by atoms with Crippen molar-refractivity contribution in [3.05, 3.63) is 32.6 Å². The molecule has 4 rings (SSSR count). The Morgan fingerprint density at radius 2 is 2.11 bits per heavy atom. The molecule has 0 bridgehead atoms. The van der Waals surface area contributed by atoms with E-state index in [1.807, 2.05) is 5.38 Å². The molecule has 0 saturated carbocycles. The number of rotatable bonds is 2. The number of nitrogens with one attached hydrogen (secondary N) is 1. The van der Waals surface area contributed by atoms with Crippen LogP contribution in [0, 0.1) is 0 Å². The normalized spacial score (nSPS) is 23.0. The van der Waals surface area contributed by atoms with E-state index < -0.39 is 24.2 Å². The molecule has 2 aromatic rings. The number of fused-ring (bicyclic) bond motifs is 1. The number of aromatic nitrogens is 2. The second kappa shape index (κ2) is 7.10. The molecular formula is C16H16BrF3N4O2S. The summed E-state index contributed by atoms with van der Waals surface area (Å²) in [6.45, 7) is 1.59. The molecule has 2 atom stereocenters. The average Bonchev–Trinajstić information content (AvgIpc) is 3.29. The van der Waals surface area contributed by atoms with Crippen molar-refractivity contribution < 1.29 is 22.7 Å². The standard InChI is InChI=1S/C16H16BrF3N4O2S/c17-12-13(15(25)23-3-5-26-6-4-23)22-24-11(16(18,19)20)8-9(21-14(12)24)10-2-1-7-27-10/h1-2,7,9,11,21H,3-6,8H2/t9-,11+/m0/s1. The fraction of sp³-hybridized carbons (Fsp3) is 0.500. The predicted molar refractivity (Wildman–Crippen MR) is 97.0 cm³/mol. The minimum absolute atomic E-state index is 0.0134. The number of thiophene rings is 1. The number of hydrogen-bond acceptors (Lipinski definition) is 5. The second-order valence-corrected chi connectivity index (χ2v) is 8.14. The molecule has 6 nitrogen and oxygen atoms in total. The molecule has 1 amide bonds. The summed E-state index contributed by atoms with van der Waals surface area (Å²) in [5.41, 5.74) is -0.0134. The monoisotopic (exact) mass is 464 g/mol. The zero-order chi connectivity index (χ0) is 19.2. The van der Waals surface area contributed by atoms with Gasteiger partial charge >= 0.3 is 6.18 Å². The lowest BCUT2D eigenvalue weighted by atomic mass is 10.0. The molecule has 0 aromatic carbocycles. The van der Waals surface area contributed by atoms with Gasteiger partial charge in [-0.3, -0.25) is 4.79 Å². The number of alkyl halides is 3. The summed E-state index contributed by atoms with van der Waals surface area (Å²) in [6.07, 6.45) is -4.66. The van der Waals surface area contributed by atoms with Crippen LogP contribution in [-0.4, -0.2) is 53.1 Å². The van der Waals surface area contributed by atoms with Crippen molar-refractivity contribution in [3.8, 4) is 0 Å². The van der Waals surface area contributed by atoms with Gasteiger partial charge < -0.3 is 15.0 Å². The van der Waals surface area contributed by atoms with E-state index in [0.29, 0.717) is 26.3 Å². The summed E-state index contributed by atoms with van der Waals surface area (Å²) in [7, 11) is 0. The molecule has 2 aliphatic heterocycles. The van der Waals surface area contributed by atoms with Crippen LogP contribution in [0.25, 0.3) is 0 Å². The molecule has 0 radical (unpaired) electrons. The van der Waals surface area contributed by atoms with Crippen LogP contribution in [0.1, 0.15) is 33.9 Å². The molecule has 2 aromatic heterocycles. The molecule has 1 N–H and O–H groups in total. The van der Waals surface area contributed by atoms with Crippen molar-refractivity contribution in [1.82, 2.24) is 14.7 Å². The Morgan fingerprint density at radius 3 is 2.74 bits per heavy atom. The van der Waals surface area contributed by atoms with E-state index in [2.05, 4.69) is 26.3 Å². The third-order valence-electron chi connectivity index (χ3n) is 4.68. The molecule has 1 fully saturated rings. The fourth-order valence-electron chi connectivity index (χ4n) is 3.32. The van der Waals surface area contributed by atoms with Gasteiger partial charge in [-0.05, 0) is 27.4 Å². The summed E-state index contributed by atoms with van der Waals surface area (Å²) >= 11 is 4.70. The van der Waals surface area contributed by atoms with Gasteiger partial charge in [0.15, 0.2) is 11.7 Å². The number of ether oxygens (including phenoxy) is 1. The Labute approximate surface area is 165 Å². The van der Waals surface area contributed by atoms with E-state index in [1.54, 1.807) is 17.0 Å². The molecule has 27 heavy (non-hydrogen) atoms. The van der Waals surface area contributed by atoms with Crippen molar-refractivity contribution in [2.45, 2.75) is 24.7 Å². The van der Waals surface area contributed by atoms with Gasteiger partial charge in [0, 0.05) is 24.4 Å². The number of anilines is 1. The van der Waals surface area contributed by atoms with E-state index in [9.17, 15) is 18.0 Å². The molecule has 1 saturated heterocycles. The van der Waals surface area contributed by atoms with Crippen molar-refractivity contribution in [2.24, 2.45) is 0 Å². The van der Waals surface area contributed by atoms with Crippen LogP contribution in [0.4, 0.5) is 19.0 Å². The average molecular weight is 465 g/mol. The Hall–Kier alpha value is -1.59. The van der Waals surface area contributed by atoms with Gasteiger partial charge in [0.2, 0.25) is 0 Å². The van der Waals surface area contributed by atoms with Gasteiger partial charge in [-0.25, -0.2) is 4.68 Å². The van der Waals surface area contributed by atoms with Gasteiger partial charge in [0.25, 0.3) is 5.91 Å². The Morgan fingerprint density at radius 1 is 1.37 bits per heavy atom. The predicted octanol–water partition coefficient (Wildman–Crippen LogP) is 3.84. The van der Waals surface area contributed by atoms with Gasteiger partial charge in [-0.1, -0.05) is 6.07 Å². The van der Waals surface area contributed by atoms with Crippen LogP contribution in [0.5, 0.6) is 0 Å². The summed E-state index contributed by atoms with van der Waals surface area (Å²) in [5.74, 6) is -0.221. The Kier molecular flexibility index (Phi) is 4.93. The lowest BCUT2D eigenvalue weighted by Crippen LogP contribution is -2.41. The minimum Gasteiger partial charge on any atom is -0.378 e.